The third-order valence-electron chi connectivity index (χ3n) is 4.17. The Morgan fingerprint density at radius 2 is 1.96 bits per heavy atom. The molecule has 0 radical (unpaired) electrons. The zero-order valence-electron chi connectivity index (χ0n) is 14.7. The molecule has 27 heavy (non-hydrogen) atoms. The highest BCUT2D eigenvalue weighted by Gasteiger charge is 2.28. The Hall–Kier alpha value is -2.80. The molecule has 2 N–H and O–H groups in total. The first kappa shape index (κ1) is 19.0. The summed E-state index contributed by atoms with van der Waals surface area (Å²) < 4.78 is 0. The number of hydrogen-bond acceptors (Lipinski definition) is 4. The van der Waals surface area contributed by atoms with Crippen LogP contribution >= 0.6 is 11.8 Å². The predicted octanol–water partition coefficient (Wildman–Crippen LogP) is 2.99. The highest BCUT2D eigenvalue weighted by atomic mass is 32.2. The first-order valence-electron chi connectivity index (χ1n) is 8.58. The van der Waals surface area contributed by atoms with E-state index in [0.717, 1.165) is 11.1 Å². The molecular weight excluding hydrogens is 364 g/mol. The number of carbonyl (C=O) groups excluding carboxylic acids is 2. The fourth-order valence-corrected chi connectivity index (χ4v) is 3.78. The molecule has 0 fully saturated rings. The molecule has 1 aliphatic heterocycles. The van der Waals surface area contributed by atoms with Gasteiger partial charge in [0.25, 0.3) is 5.91 Å². The molecule has 2 amide bonds. The van der Waals surface area contributed by atoms with Gasteiger partial charge in [0.2, 0.25) is 5.91 Å². The lowest BCUT2D eigenvalue weighted by molar-refractivity contribution is -0.136. The predicted molar refractivity (Wildman–Crippen MR) is 105 cm³/mol. The molecule has 0 saturated carbocycles. The van der Waals surface area contributed by atoms with E-state index in [4.69, 9.17) is 5.11 Å². The second-order valence-electron chi connectivity index (χ2n) is 6.26. The molecule has 0 unspecified atom stereocenters. The molecule has 7 heteroatoms. The van der Waals surface area contributed by atoms with Gasteiger partial charge in [-0.2, -0.15) is 11.8 Å². The van der Waals surface area contributed by atoms with Gasteiger partial charge in [-0.3, -0.25) is 14.4 Å². The average molecular weight is 384 g/mol. The number of carboxylic acids is 1. The van der Waals surface area contributed by atoms with Gasteiger partial charge >= 0.3 is 5.97 Å². The fraction of sp³-hybridized carbons (Fsp3) is 0.250. The molecular formula is C20H20N2O4S. The van der Waals surface area contributed by atoms with Crippen molar-refractivity contribution in [2.24, 2.45) is 0 Å². The van der Waals surface area contributed by atoms with Gasteiger partial charge in [-0.15, -0.1) is 0 Å². The molecule has 0 bridgehead atoms. The molecule has 3 rings (SSSR count). The van der Waals surface area contributed by atoms with Gasteiger partial charge in [-0.05, 0) is 29.3 Å². The second kappa shape index (κ2) is 8.73. The summed E-state index contributed by atoms with van der Waals surface area (Å²) >= 11 is 1.54. The van der Waals surface area contributed by atoms with Crippen molar-refractivity contribution in [1.82, 2.24) is 4.90 Å². The minimum atomic E-state index is -0.804. The second-order valence-corrected chi connectivity index (χ2v) is 7.37. The topological polar surface area (TPSA) is 86.7 Å². The van der Waals surface area contributed by atoms with E-state index in [0.29, 0.717) is 29.3 Å². The van der Waals surface area contributed by atoms with Crippen molar-refractivity contribution in [3.8, 4) is 0 Å². The molecule has 6 nitrogen and oxygen atoms in total. The number of nitrogens with zero attached hydrogens (tertiary/aromatic N) is 1. The standard InChI is InChI=1S/C20H20N2O4S/c23-18(12-22-11-15-5-1-2-7-17(15)20(22)26)21-16-6-3-4-14(10-16)13-27-9-8-19(24)25/h1-7,10H,8-9,11-13H2,(H,21,23)(H,24,25). The summed E-state index contributed by atoms with van der Waals surface area (Å²) in [6, 6.07) is 14.8. The maximum atomic E-state index is 12.3. The van der Waals surface area contributed by atoms with Crippen molar-refractivity contribution < 1.29 is 19.5 Å². The van der Waals surface area contributed by atoms with Crippen LogP contribution in [0.2, 0.25) is 0 Å². The number of aliphatic carboxylic acids is 1. The van der Waals surface area contributed by atoms with Crippen molar-refractivity contribution in [3.05, 3.63) is 65.2 Å². The molecule has 2 aromatic rings. The number of nitrogens with one attached hydrogen (secondary N) is 1. The smallest absolute Gasteiger partial charge is 0.304 e. The SMILES string of the molecule is O=C(O)CCSCc1cccc(NC(=O)CN2Cc3ccccc3C2=O)c1. The van der Waals surface area contributed by atoms with Crippen LogP contribution in [0.3, 0.4) is 0 Å². The summed E-state index contributed by atoms with van der Waals surface area (Å²) in [6.45, 7) is 0.452. The molecule has 1 aliphatic rings. The molecule has 0 aromatic heterocycles. The van der Waals surface area contributed by atoms with Crippen LogP contribution < -0.4 is 5.32 Å². The lowest BCUT2D eigenvalue weighted by Crippen LogP contribution is -2.33. The number of anilines is 1. The van der Waals surface area contributed by atoms with E-state index in [1.54, 1.807) is 12.1 Å². The number of fused-ring (bicyclic) bond motifs is 1. The van der Waals surface area contributed by atoms with E-state index in [1.807, 2.05) is 36.4 Å². The molecule has 0 atom stereocenters. The Kier molecular flexibility index (Phi) is 6.13. The number of thioether (sulfide) groups is 1. The van der Waals surface area contributed by atoms with Crippen LogP contribution in [0.1, 0.15) is 27.9 Å². The van der Waals surface area contributed by atoms with E-state index in [2.05, 4.69) is 5.32 Å². The van der Waals surface area contributed by atoms with Gasteiger partial charge in [-0.25, -0.2) is 0 Å². The van der Waals surface area contributed by atoms with E-state index in [1.165, 1.54) is 16.7 Å². The third-order valence-corrected chi connectivity index (χ3v) is 5.20. The van der Waals surface area contributed by atoms with Gasteiger partial charge in [0.1, 0.15) is 6.54 Å². The summed E-state index contributed by atoms with van der Waals surface area (Å²) in [7, 11) is 0. The molecule has 0 spiro atoms. The summed E-state index contributed by atoms with van der Waals surface area (Å²) in [5.74, 6) is 0.0544. The molecule has 0 saturated heterocycles. The van der Waals surface area contributed by atoms with Crippen molar-refractivity contribution in [2.45, 2.75) is 18.7 Å². The number of carboxylic acid groups (broad SMARTS) is 1. The average Bonchev–Trinajstić information content (AvgIpc) is 2.95. The van der Waals surface area contributed by atoms with Gasteiger partial charge in [0.15, 0.2) is 0 Å². The molecule has 140 valence electrons. The van der Waals surface area contributed by atoms with E-state index < -0.39 is 5.97 Å². The summed E-state index contributed by atoms with van der Waals surface area (Å²) in [6.07, 6.45) is 0.132. The van der Waals surface area contributed by atoms with Crippen LogP contribution in [-0.4, -0.2) is 40.1 Å². The number of rotatable bonds is 8. The van der Waals surface area contributed by atoms with Gasteiger partial charge in [0, 0.05) is 29.3 Å². The van der Waals surface area contributed by atoms with Crippen molar-refractivity contribution in [2.75, 3.05) is 17.6 Å². The molecule has 2 aromatic carbocycles. The van der Waals surface area contributed by atoms with E-state index in [-0.39, 0.29) is 24.8 Å². The minimum absolute atomic E-state index is 0.00506. The quantitative estimate of drug-likeness (QED) is 0.683. The molecule has 0 aliphatic carbocycles. The summed E-state index contributed by atoms with van der Waals surface area (Å²) in [4.78, 5) is 36.7. The normalized spacial score (nSPS) is 12.7. The Balaban J connectivity index is 1.52. The summed E-state index contributed by atoms with van der Waals surface area (Å²) in [5.41, 5.74) is 3.27. The van der Waals surface area contributed by atoms with Crippen LogP contribution in [0.15, 0.2) is 48.5 Å². The lowest BCUT2D eigenvalue weighted by atomic mass is 10.1. The van der Waals surface area contributed by atoms with Gasteiger partial charge in [0.05, 0.1) is 6.42 Å². The van der Waals surface area contributed by atoms with Gasteiger partial charge < -0.3 is 15.3 Å². The van der Waals surface area contributed by atoms with Crippen LogP contribution in [0, 0.1) is 0 Å². The molecule has 1 heterocycles. The highest BCUT2D eigenvalue weighted by Crippen LogP contribution is 2.22. The monoisotopic (exact) mass is 384 g/mol. The van der Waals surface area contributed by atoms with Crippen molar-refractivity contribution >= 4 is 35.2 Å². The largest absolute Gasteiger partial charge is 0.481 e. The van der Waals surface area contributed by atoms with Crippen LogP contribution in [0.4, 0.5) is 5.69 Å². The Morgan fingerprint density at radius 1 is 1.15 bits per heavy atom. The fourth-order valence-electron chi connectivity index (χ4n) is 2.90. The first-order chi connectivity index (χ1) is 13.0. The summed E-state index contributed by atoms with van der Waals surface area (Å²) in [5, 5.41) is 11.5. The zero-order valence-corrected chi connectivity index (χ0v) is 15.5. The zero-order chi connectivity index (χ0) is 19.2. The lowest BCUT2D eigenvalue weighted by Gasteiger charge is -2.15. The number of hydrogen-bond donors (Lipinski definition) is 2. The minimum Gasteiger partial charge on any atom is -0.481 e. The van der Waals surface area contributed by atoms with Crippen molar-refractivity contribution in [3.63, 3.8) is 0 Å². The number of benzene rings is 2. The number of carbonyl (C=O) groups is 3. The van der Waals surface area contributed by atoms with E-state index >= 15 is 0 Å². The van der Waals surface area contributed by atoms with Gasteiger partial charge in [-0.1, -0.05) is 30.3 Å². The Morgan fingerprint density at radius 3 is 2.74 bits per heavy atom. The highest BCUT2D eigenvalue weighted by molar-refractivity contribution is 7.98. The van der Waals surface area contributed by atoms with Crippen LogP contribution in [-0.2, 0) is 21.9 Å². The maximum Gasteiger partial charge on any atom is 0.304 e. The Bertz CT molecular complexity index is 869. The van der Waals surface area contributed by atoms with Crippen molar-refractivity contribution in [1.29, 1.82) is 0 Å². The maximum absolute atomic E-state index is 12.3. The van der Waals surface area contributed by atoms with E-state index in [9.17, 15) is 14.4 Å². The number of amides is 2. The third kappa shape index (κ3) is 5.10. The van der Waals surface area contributed by atoms with Crippen LogP contribution in [0.25, 0.3) is 0 Å². The van der Waals surface area contributed by atoms with Crippen LogP contribution in [0.5, 0.6) is 0 Å². The Labute approximate surface area is 161 Å². The first-order valence-corrected chi connectivity index (χ1v) is 9.74.